The first-order valence-electron chi connectivity index (χ1n) is 8.65. The Morgan fingerprint density at radius 3 is 2.45 bits per heavy atom. The summed E-state index contributed by atoms with van der Waals surface area (Å²) < 4.78 is 1.41. The van der Waals surface area contributed by atoms with Gasteiger partial charge in [0, 0.05) is 24.3 Å². The Hall–Kier alpha value is -4.19. The molecule has 0 aliphatic rings. The van der Waals surface area contributed by atoms with Crippen LogP contribution in [0.15, 0.2) is 47.6 Å². The molecule has 0 unspecified atom stereocenters. The minimum absolute atomic E-state index is 0.0146. The molecular weight excluding hydrogens is 430 g/mol. The van der Waals surface area contributed by atoms with Crippen molar-refractivity contribution in [2.75, 3.05) is 0 Å². The molecule has 0 saturated carbocycles. The summed E-state index contributed by atoms with van der Waals surface area (Å²) in [5.74, 6) is -0.664. The fourth-order valence-corrected chi connectivity index (χ4v) is 2.96. The summed E-state index contributed by atoms with van der Waals surface area (Å²) in [6.07, 6.45) is 0. The van der Waals surface area contributed by atoms with Crippen LogP contribution in [0.25, 0.3) is 5.69 Å². The van der Waals surface area contributed by atoms with Crippen LogP contribution in [0.1, 0.15) is 28.7 Å². The summed E-state index contributed by atoms with van der Waals surface area (Å²) >= 11 is 5.94. The van der Waals surface area contributed by atoms with Gasteiger partial charge in [0.25, 0.3) is 17.3 Å². The molecule has 13 heteroatoms. The summed E-state index contributed by atoms with van der Waals surface area (Å²) in [7, 11) is 0. The average Bonchev–Trinajstić information content (AvgIpc) is 3.13. The second-order valence-corrected chi connectivity index (χ2v) is 6.68. The lowest BCUT2D eigenvalue weighted by Crippen LogP contribution is -2.20. The van der Waals surface area contributed by atoms with E-state index in [4.69, 9.17) is 11.6 Å². The molecule has 0 fully saturated rings. The van der Waals surface area contributed by atoms with Gasteiger partial charge in [-0.1, -0.05) is 22.9 Å². The Bertz CT molecular complexity index is 1240. The average molecular weight is 444 g/mol. The van der Waals surface area contributed by atoms with E-state index in [0.717, 1.165) is 12.1 Å². The molecule has 0 saturated heterocycles. The van der Waals surface area contributed by atoms with Crippen LogP contribution in [0.2, 0.25) is 5.02 Å². The lowest BCUT2D eigenvalue weighted by atomic mass is 10.2. The second kappa shape index (κ2) is 8.67. The van der Waals surface area contributed by atoms with E-state index in [1.165, 1.54) is 28.9 Å². The number of hydrazone groups is 1. The van der Waals surface area contributed by atoms with Crippen molar-refractivity contribution in [1.29, 1.82) is 0 Å². The Labute approximate surface area is 179 Å². The first-order valence-corrected chi connectivity index (χ1v) is 9.03. The maximum atomic E-state index is 12.3. The molecule has 0 aliphatic heterocycles. The molecule has 3 aromatic rings. The number of non-ortho nitro benzene ring substituents is 2. The maximum absolute atomic E-state index is 12.3. The molecule has 1 N–H and O–H groups in total. The smallest absolute Gasteiger partial charge is 0.267 e. The predicted octanol–water partition coefficient (Wildman–Crippen LogP) is 3.20. The van der Waals surface area contributed by atoms with Gasteiger partial charge in [0.15, 0.2) is 0 Å². The van der Waals surface area contributed by atoms with Gasteiger partial charge in [0.2, 0.25) is 0 Å². The van der Waals surface area contributed by atoms with Gasteiger partial charge in [0.1, 0.15) is 5.69 Å². The van der Waals surface area contributed by atoms with Gasteiger partial charge >= 0.3 is 0 Å². The Kier molecular flexibility index (Phi) is 6.02. The largest absolute Gasteiger partial charge is 0.272 e. The van der Waals surface area contributed by atoms with E-state index in [-0.39, 0.29) is 22.0 Å². The van der Waals surface area contributed by atoms with Crippen molar-refractivity contribution in [2.45, 2.75) is 13.8 Å². The summed E-state index contributed by atoms with van der Waals surface area (Å²) in [6.45, 7) is 3.29. The molecule has 0 atom stereocenters. The lowest BCUT2D eigenvalue weighted by Gasteiger charge is -2.05. The number of benzene rings is 2. The molecule has 0 radical (unpaired) electrons. The van der Waals surface area contributed by atoms with Crippen molar-refractivity contribution in [3.05, 3.63) is 84.7 Å². The summed E-state index contributed by atoms with van der Waals surface area (Å²) in [5.41, 5.74) is 3.67. The zero-order chi connectivity index (χ0) is 22.7. The first kappa shape index (κ1) is 21.5. The zero-order valence-electron chi connectivity index (χ0n) is 16.1. The third-order valence-corrected chi connectivity index (χ3v) is 4.57. The molecule has 1 heterocycles. The molecule has 12 nitrogen and oxygen atoms in total. The van der Waals surface area contributed by atoms with Crippen molar-refractivity contribution in [2.24, 2.45) is 5.10 Å². The summed E-state index contributed by atoms with van der Waals surface area (Å²) in [5, 5.41) is 33.7. The van der Waals surface area contributed by atoms with Crippen LogP contribution in [-0.4, -0.2) is 36.5 Å². The van der Waals surface area contributed by atoms with Gasteiger partial charge in [0.05, 0.1) is 37.5 Å². The molecule has 1 aromatic heterocycles. The number of hydrogen-bond acceptors (Lipinski definition) is 8. The van der Waals surface area contributed by atoms with E-state index in [2.05, 4.69) is 20.8 Å². The molecule has 3 rings (SSSR count). The number of nitro groups is 2. The molecule has 0 bridgehead atoms. The number of aromatic nitrogens is 3. The van der Waals surface area contributed by atoms with Crippen LogP contribution in [-0.2, 0) is 0 Å². The number of nitro benzene ring substituents is 2. The normalized spacial score (nSPS) is 11.3. The predicted molar refractivity (Wildman–Crippen MR) is 111 cm³/mol. The Morgan fingerprint density at radius 1 is 1.13 bits per heavy atom. The molecule has 0 spiro atoms. The molecule has 0 aliphatic carbocycles. The van der Waals surface area contributed by atoms with Crippen molar-refractivity contribution < 1.29 is 14.6 Å². The van der Waals surface area contributed by atoms with E-state index < -0.39 is 15.8 Å². The number of carbonyl (C=O) groups excluding carboxylic acids is 1. The van der Waals surface area contributed by atoms with Gasteiger partial charge in [-0.2, -0.15) is 5.10 Å². The number of nitrogens with one attached hydrogen (secondary N) is 1. The SMILES string of the molecule is C/C(=N/NC(=O)c1ccc([N+](=O)[O-])cc1Cl)c1nnn(-c2cccc([N+](=O)[O-])c2)c1C. The van der Waals surface area contributed by atoms with Crippen LogP contribution in [0.3, 0.4) is 0 Å². The van der Waals surface area contributed by atoms with Gasteiger partial charge in [-0.15, -0.1) is 5.10 Å². The van der Waals surface area contributed by atoms with Crippen molar-refractivity contribution >= 4 is 34.6 Å². The fraction of sp³-hybridized carbons (Fsp3) is 0.111. The summed E-state index contributed by atoms with van der Waals surface area (Å²) in [6, 6.07) is 9.35. The highest BCUT2D eigenvalue weighted by molar-refractivity contribution is 6.34. The molecule has 158 valence electrons. The summed E-state index contributed by atoms with van der Waals surface area (Å²) in [4.78, 5) is 32.9. The third kappa shape index (κ3) is 4.53. The van der Waals surface area contributed by atoms with Crippen LogP contribution >= 0.6 is 11.6 Å². The van der Waals surface area contributed by atoms with E-state index >= 15 is 0 Å². The number of hydrogen-bond donors (Lipinski definition) is 1. The molecule has 2 aromatic carbocycles. The fourth-order valence-electron chi connectivity index (χ4n) is 2.70. The number of amides is 1. The van der Waals surface area contributed by atoms with Crippen LogP contribution < -0.4 is 5.43 Å². The molecule has 1 amide bonds. The topological polar surface area (TPSA) is 158 Å². The number of rotatable bonds is 6. The number of nitrogens with zero attached hydrogens (tertiary/aromatic N) is 6. The third-order valence-electron chi connectivity index (χ3n) is 4.26. The Balaban J connectivity index is 1.82. The highest BCUT2D eigenvalue weighted by Gasteiger charge is 2.17. The monoisotopic (exact) mass is 443 g/mol. The van der Waals surface area contributed by atoms with Gasteiger partial charge in [-0.3, -0.25) is 25.0 Å². The van der Waals surface area contributed by atoms with E-state index in [0.29, 0.717) is 22.8 Å². The van der Waals surface area contributed by atoms with Gasteiger partial charge < -0.3 is 0 Å². The minimum Gasteiger partial charge on any atom is -0.267 e. The second-order valence-electron chi connectivity index (χ2n) is 6.27. The number of halogens is 1. The van der Waals surface area contributed by atoms with E-state index in [9.17, 15) is 25.0 Å². The molecular formula is C18H14ClN7O5. The quantitative estimate of drug-likeness (QED) is 0.347. The van der Waals surface area contributed by atoms with Crippen molar-refractivity contribution in [1.82, 2.24) is 20.4 Å². The van der Waals surface area contributed by atoms with E-state index in [1.807, 2.05) is 0 Å². The standard InChI is InChI=1S/C18H14ClN7O5/c1-10(20-22-18(27)15-7-6-14(26(30)31)9-16(15)19)17-11(2)24(23-21-17)12-4-3-5-13(8-12)25(28)29/h3-9H,1-2H3,(H,22,27)/b20-10-. The highest BCUT2D eigenvalue weighted by Crippen LogP contribution is 2.22. The van der Waals surface area contributed by atoms with Crippen molar-refractivity contribution in [3.63, 3.8) is 0 Å². The van der Waals surface area contributed by atoms with Crippen LogP contribution in [0, 0.1) is 27.2 Å². The minimum atomic E-state index is -0.664. The van der Waals surface area contributed by atoms with Crippen molar-refractivity contribution in [3.8, 4) is 5.69 Å². The maximum Gasteiger partial charge on any atom is 0.272 e. The van der Waals surface area contributed by atoms with Gasteiger partial charge in [-0.05, 0) is 26.0 Å². The Morgan fingerprint density at radius 2 is 1.81 bits per heavy atom. The number of carbonyl (C=O) groups is 1. The highest BCUT2D eigenvalue weighted by atomic mass is 35.5. The van der Waals surface area contributed by atoms with Crippen LogP contribution in [0.5, 0.6) is 0 Å². The lowest BCUT2D eigenvalue weighted by molar-refractivity contribution is -0.385. The zero-order valence-corrected chi connectivity index (χ0v) is 16.9. The van der Waals surface area contributed by atoms with Gasteiger partial charge in [-0.25, -0.2) is 10.1 Å². The molecule has 31 heavy (non-hydrogen) atoms. The van der Waals surface area contributed by atoms with E-state index in [1.54, 1.807) is 19.9 Å². The first-order chi connectivity index (χ1) is 14.7. The van der Waals surface area contributed by atoms with Crippen LogP contribution in [0.4, 0.5) is 11.4 Å².